The van der Waals surface area contributed by atoms with Crippen molar-refractivity contribution in [3.05, 3.63) is 47.6 Å². The van der Waals surface area contributed by atoms with Crippen LogP contribution in [0.25, 0.3) is 0 Å². The van der Waals surface area contributed by atoms with Gasteiger partial charge in [0.25, 0.3) is 0 Å². The van der Waals surface area contributed by atoms with E-state index in [1.54, 1.807) is 13.8 Å². The predicted octanol–water partition coefficient (Wildman–Crippen LogP) is 2.60. The highest BCUT2D eigenvalue weighted by atomic mass is 16.5. The molecule has 1 saturated heterocycles. The van der Waals surface area contributed by atoms with Gasteiger partial charge in [-0.25, -0.2) is 0 Å². The molecule has 3 rings (SSSR count). The van der Waals surface area contributed by atoms with Gasteiger partial charge in [0.05, 0.1) is 6.54 Å². The summed E-state index contributed by atoms with van der Waals surface area (Å²) in [5.74, 6) is 1.64. The summed E-state index contributed by atoms with van der Waals surface area (Å²) in [6, 6.07) is 10.8. The van der Waals surface area contributed by atoms with Gasteiger partial charge in [-0.3, -0.25) is 4.79 Å². The largest absolute Gasteiger partial charge is 0.340 e. The average molecular weight is 342 g/mol. The van der Waals surface area contributed by atoms with Gasteiger partial charge < -0.3 is 14.3 Å². The van der Waals surface area contributed by atoms with Crippen molar-refractivity contribution >= 4 is 5.91 Å². The normalized spacial score (nSPS) is 19.1. The highest BCUT2D eigenvalue weighted by Crippen LogP contribution is 2.22. The van der Waals surface area contributed by atoms with Crippen LogP contribution in [0.15, 0.2) is 34.9 Å². The molecule has 1 aliphatic rings. The van der Waals surface area contributed by atoms with Crippen molar-refractivity contribution in [1.82, 2.24) is 19.9 Å². The van der Waals surface area contributed by atoms with Crippen molar-refractivity contribution in [3.63, 3.8) is 0 Å². The molecule has 0 spiro atoms. The third-order valence-electron chi connectivity index (χ3n) is 4.87. The van der Waals surface area contributed by atoms with E-state index in [1.165, 1.54) is 5.56 Å². The Morgan fingerprint density at radius 3 is 2.80 bits per heavy atom. The Labute approximate surface area is 148 Å². The maximum Gasteiger partial charge on any atom is 0.223 e. The quantitative estimate of drug-likeness (QED) is 0.807. The lowest BCUT2D eigenvalue weighted by Gasteiger charge is -2.27. The molecule has 1 amide bonds. The van der Waals surface area contributed by atoms with Gasteiger partial charge in [-0.1, -0.05) is 42.4 Å². The number of aromatic nitrogens is 2. The molecule has 0 unspecified atom stereocenters. The summed E-state index contributed by atoms with van der Waals surface area (Å²) in [4.78, 5) is 20.7. The lowest BCUT2D eigenvalue weighted by Crippen LogP contribution is -2.40. The molecule has 1 aromatic heterocycles. The van der Waals surface area contributed by atoms with Gasteiger partial charge in [-0.05, 0) is 17.9 Å². The molecule has 6 heteroatoms. The van der Waals surface area contributed by atoms with Crippen LogP contribution >= 0.6 is 0 Å². The minimum atomic E-state index is 0.0606. The van der Waals surface area contributed by atoms with E-state index in [1.807, 2.05) is 11.0 Å². The van der Waals surface area contributed by atoms with Crippen LogP contribution in [0.1, 0.15) is 43.5 Å². The van der Waals surface area contributed by atoms with E-state index in [-0.39, 0.29) is 11.9 Å². The summed E-state index contributed by atoms with van der Waals surface area (Å²) < 4.78 is 5.02. The second kappa shape index (κ2) is 7.78. The van der Waals surface area contributed by atoms with Crippen LogP contribution in [0.2, 0.25) is 0 Å². The van der Waals surface area contributed by atoms with Crippen LogP contribution in [0.3, 0.4) is 0 Å². The van der Waals surface area contributed by atoms with Gasteiger partial charge in [-0.15, -0.1) is 0 Å². The number of rotatable bonds is 6. The van der Waals surface area contributed by atoms with Crippen LogP contribution in [0.4, 0.5) is 0 Å². The SMILES string of the molecule is CC(=O)N(Cc1noc(C)n1)[C@@H]1CCN(C[C@@H](C)c2ccccc2)C1. The zero-order valence-electron chi connectivity index (χ0n) is 15.2. The van der Waals surface area contributed by atoms with Crippen LogP contribution in [-0.2, 0) is 11.3 Å². The summed E-state index contributed by atoms with van der Waals surface area (Å²) in [7, 11) is 0. The van der Waals surface area contributed by atoms with E-state index in [9.17, 15) is 4.79 Å². The van der Waals surface area contributed by atoms with Crippen LogP contribution in [-0.4, -0.2) is 51.5 Å². The van der Waals surface area contributed by atoms with Crippen molar-refractivity contribution in [2.75, 3.05) is 19.6 Å². The molecule has 25 heavy (non-hydrogen) atoms. The van der Waals surface area contributed by atoms with Crippen LogP contribution in [0.5, 0.6) is 0 Å². The Kier molecular flexibility index (Phi) is 5.48. The molecular formula is C19H26N4O2. The fraction of sp³-hybridized carbons (Fsp3) is 0.526. The topological polar surface area (TPSA) is 62.5 Å². The van der Waals surface area contributed by atoms with E-state index >= 15 is 0 Å². The molecule has 134 valence electrons. The highest BCUT2D eigenvalue weighted by Gasteiger charge is 2.30. The van der Waals surface area contributed by atoms with Gasteiger partial charge >= 0.3 is 0 Å². The summed E-state index contributed by atoms with van der Waals surface area (Å²) in [5.41, 5.74) is 1.36. The Morgan fingerprint density at radius 1 is 1.40 bits per heavy atom. The van der Waals surface area contributed by atoms with Crippen LogP contribution < -0.4 is 0 Å². The molecule has 1 fully saturated rings. The predicted molar refractivity (Wildman–Crippen MR) is 95.0 cm³/mol. The standard InChI is InChI=1S/C19H26N4O2/c1-14(17-7-5-4-6-8-17)11-22-10-9-18(12-22)23(16(3)24)13-19-20-15(2)25-21-19/h4-8,14,18H,9-13H2,1-3H3/t14-,18-/m1/s1. The number of amides is 1. The number of benzene rings is 1. The first-order valence-corrected chi connectivity index (χ1v) is 8.86. The molecule has 0 aliphatic carbocycles. The lowest BCUT2D eigenvalue weighted by atomic mass is 10.0. The number of hydrogen-bond donors (Lipinski definition) is 0. The molecule has 2 aromatic rings. The molecule has 2 atom stereocenters. The molecule has 0 N–H and O–H groups in total. The molecule has 1 aromatic carbocycles. The van der Waals surface area contributed by atoms with Crippen LogP contribution in [0, 0.1) is 6.92 Å². The van der Waals surface area contributed by atoms with E-state index in [0.29, 0.717) is 24.2 Å². The molecule has 2 heterocycles. The zero-order valence-corrected chi connectivity index (χ0v) is 15.2. The summed E-state index contributed by atoms with van der Waals surface area (Å²) in [6.07, 6.45) is 0.984. The first-order valence-electron chi connectivity index (χ1n) is 8.86. The average Bonchev–Trinajstić information content (AvgIpc) is 3.22. The number of nitrogens with zero attached hydrogens (tertiary/aromatic N) is 4. The van der Waals surface area contributed by atoms with E-state index in [0.717, 1.165) is 26.1 Å². The minimum absolute atomic E-state index is 0.0606. The van der Waals surface area contributed by atoms with Crippen molar-refractivity contribution in [1.29, 1.82) is 0 Å². The Morgan fingerprint density at radius 2 is 2.16 bits per heavy atom. The Hall–Kier alpha value is -2.21. The molecular weight excluding hydrogens is 316 g/mol. The number of carbonyl (C=O) groups excluding carboxylic acids is 1. The monoisotopic (exact) mass is 342 g/mol. The fourth-order valence-corrected chi connectivity index (χ4v) is 3.56. The second-order valence-electron chi connectivity index (χ2n) is 6.89. The van der Waals surface area contributed by atoms with Gasteiger partial charge in [0.1, 0.15) is 0 Å². The molecule has 6 nitrogen and oxygen atoms in total. The third kappa shape index (κ3) is 4.45. The third-order valence-corrected chi connectivity index (χ3v) is 4.87. The first-order chi connectivity index (χ1) is 12.0. The Bertz CT molecular complexity index is 700. The highest BCUT2D eigenvalue weighted by molar-refractivity contribution is 5.73. The summed E-state index contributed by atoms with van der Waals surface area (Å²) >= 11 is 0. The molecule has 0 bridgehead atoms. The van der Waals surface area contributed by atoms with Crippen molar-refractivity contribution in [2.24, 2.45) is 0 Å². The van der Waals surface area contributed by atoms with Crippen molar-refractivity contribution in [2.45, 2.75) is 45.7 Å². The van der Waals surface area contributed by atoms with Gasteiger partial charge in [0.2, 0.25) is 11.8 Å². The first kappa shape index (κ1) is 17.6. The summed E-state index contributed by atoms with van der Waals surface area (Å²) in [5, 5.41) is 3.92. The van der Waals surface area contributed by atoms with Crippen molar-refractivity contribution < 1.29 is 9.32 Å². The number of hydrogen-bond acceptors (Lipinski definition) is 5. The van der Waals surface area contributed by atoms with Gasteiger partial charge in [0, 0.05) is 39.5 Å². The van der Waals surface area contributed by atoms with Crippen molar-refractivity contribution in [3.8, 4) is 0 Å². The van der Waals surface area contributed by atoms with Gasteiger partial charge in [0.15, 0.2) is 5.82 Å². The molecule has 1 aliphatic heterocycles. The lowest BCUT2D eigenvalue weighted by molar-refractivity contribution is -0.131. The maximum absolute atomic E-state index is 12.1. The van der Waals surface area contributed by atoms with Gasteiger partial charge in [-0.2, -0.15) is 4.98 Å². The maximum atomic E-state index is 12.1. The second-order valence-corrected chi connectivity index (χ2v) is 6.89. The fourth-order valence-electron chi connectivity index (χ4n) is 3.56. The molecule has 0 radical (unpaired) electrons. The summed E-state index contributed by atoms with van der Waals surface area (Å²) in [6.45, 7) is 8.96. The van der Waals surface area contributed by atoms with E-state index < -0.39 is 0 Å². The number of carbonyl (C=O) groups is 1. The molecule has 0 saturated carbocycles. The van der Waals surface area contributed by atoms with E-state index in [4.69, 9.17) is 4.52 Å². The number of likely N-dealkylation sites (tertiary alicyclic amines) is 1. The number of aryl methyl sites for hydroxylation is 1. The smallest absolute Gasteiger partial charge is 0.223 e. The van der Waals surface area contributed by atoms with E-state index in [2.05, 4.69) is 46.2 Å². The minimum Gasteiger partial charge on any atom is -0.340 e. The zero-order chi connectivity index (χ0) is 17.8. The Balaban J connectivity index is 1.59.